The van der Waals surface area contributed by atoms with Crippen LogP contribution in [-0.2, 0) is 11.2 Å². The molecule has 0 N–H and O–H groups in total. The first kappa shape index (κ1) is 45.3. The van der Waals surface area contributed by atoms with Crippen molar-refractivity contribution in [1.29, 1.82) is 0 Å². The van der Waals surface area contributed by atoms with Gasteiger partial charge in [0.15, 0.2) is 11.2 Å². The molecule has 4 aliphatic heterocycles. The Morgan fingerprint density at radius 3 is 1.35 bits per heavy atom. The van der Waals surface area contributed by atoms with Gasteiger partial charge < -0.3 is 19.3 Å². The molecule has 2 atom stereocenters. The van der Waals surface area contributed by atoms with Crippen LogP contribution >= 0.6 is 46.6 Å². The van der Waals surface area contributed by atoms with E-state index in [0.29, 0.717) is 10.7 Å². The predicted molar refractivity (Wildman–Crippen MR) is 285 cm³/mol. The van der Waals surface area contributed by atoms with Gasteiger partial charge in [-0.3, -0.25) is 0 Å². The lowest BCUT2D eigenvalue weighted by Crippen LogP contribution is -2.34. The molecule has 0 amide bonds. The second-order valence-corrected chi connectivity index (χ2v) is 19.6. The zero-order valence-corrected chi connectivity index (χ0v) is 41.2. The topological polar surface area (TPSA) is 76.5 Å². The molecule has 6 aromatic carbocycles. The number of anilines is 2. The molecule has 8 nitrogen and oxygen atoms in total. The lowest BCUT2D eigenvalue weighted by molar-refractivity contribution is 0.161. The number of aromatic nitrogens is 4. The minimum absolute atomic E-state index is 0.130. The van der Waals surface area contributed by atoms with Crippen LogP contribution in [0.5, 0.6) is 11.5 Å². The third-order valence-electron chi connectivity index (χ3n) is 13.7. The fourth-order valence-electron chi connectivity index (χ4n) is 10.3. The molecule has 2 aromatic heterocycles. The molecule has 12 heteroatoms. The smallest absolute Gasteiger partial charge is 0.224 e. The van der Waals surface area contributed by atoms with E-state index < -0.39 is 11.2 Å². The zero-order chi connectivity index (χ0) is 47.0. The quantitative estimate of drug-likeness (QED) is 0.0881. The van der Waals surface area contributed by atoms with Crippen LogP contribution in [-0.4, -0.2) is 52.4 Å². The van der Waals surface area contributed by atoms with E-state index in [1.807, 2.05) is 54.8 Å². The van der Waals surface area contributed by atoms with Gasteiger partial charge in [0.2, 0.25) is 10.6 Å². The molecule has 0 saturated carbocycles. The molecule has 0 bridgehead atoms. The van der Waals surface area contributed by atoms with Crippen molar-refractivity contribution in [2.45, 2.75) is 54.8 Å². The monoisotopic (exact) mass is 986 g/mol. The molecule has 2 unspecified atom stereocenters. The second kappa shape index (κ2) is 19.4. The van der Waals surface area contributed by atoms with E-state index in [-0.39, 0.29) is 10.6 Å². The highest BCUT2D eigenvalue weighted by Crippen LogP contribution is 2.47. The zero-order valence-electron chi connectivity index (χ0n) is 38.1. The summed E-state index contributed by atoms with van der Waals surface area (Å²) in [5.74, 6) is 1.54. The fourth-order valence-corrected chi connectivity index (χ4v) is 11.6. The third kappa shape index (κ3) is 8.69. The number of ether oxygens (including phenoxy) is 2. The van der Waals surface area contributed by atoms with E-state index in [1.54, 1.807) is 11.8 Å². The van der Waals surface area contributed by atoms with Crippen LogP contribution in [0.2, 0.25) is 15.7 Å². The summed E-state index contributed by atoms with van der Waals surface area (Å²) in [5, 5.41) is 3.27. The Kier molecular flexibility index (Phi) is 12.7. The summed E-state index contributed by atoms with van der Waals surface area (Å²) in [7, 11) is 0. The number of rotatable bonds is 7. The second-order valence-electron chi connectivity index (χ2n) is 17.8. The van der Waals surface area contributed by atoms with Gasteiger partial charge in [0, 0.05) is 81.7 Å². The third-order valence-corrected chi connectivity index (χ3v) is 15.0. The van der Waals surface area contributed by atoms with Gasteiger partial charge in [0.1, 0.15) is 21.7 Å². The average Bonchev–Trinajstić information content (AvgIpc) is 3.41. The lowest BCUT2D eigenvalue weighted by Gasteiger charge is -2.37. The van der Waals surface area contributed by atoms with Gasteiger partial charge in [-0.05, 0) is 141 Å². The van der Waals surface area contributed by atoms with Crippen molar-refractivity contribution in [2.24, 2.45) is 0 Å². The van der Waals surface area contributed by atoms with Gasteiger partial charge >= 0.3 is 0 Å². The van der Waals surface area contributed by atoms with E-state index in [4.69, 9.17) is 44.3 Å². The van der Waals surface area contributed by atoms with Gasteiger partial charge in [-0.25, -0.2) is 19.9 Å². The molecule has 0 spiro atoms. The van der Waals surface area contributed by atoms with Crippen molar-refractivity contribution in [3.05, 3.63) is 195 Å². The Morgan fingerprint density at radius 2 is 0.884 bits per heavy atom. The summed E-state index contributed by atoms with van der Waals surface area (Å²) < 4.78 is 13.7. The molecule has 0 radical (unpaired) electrons. The number of nitrogens with zero attached hydrogens (tertiary/aromatic N) is 6. The number of hydrogen-bond acceptors (Lipinski definition) is 9. The summed E-state index contributed by atoms with van der Waals surface area (Å²) in [6.45, 7) is 4.49. The van der Waals surface area contributed by atoms with Crippen LogP contribution in [0, 0.1) is 0 Å². The van der Waals surface area contributed by atoms with E-state index in [9.17, 15) is 0 Å². The molecule has 6 heterocycles. The molecule has 12 rings (SSSR count). The largest absolute Gasteiger partial charge is 0.473 e. The molecular weight excluding hydrogens is 939 g/mol. The van der Waals surface area contributed by atoms with Gasteiger partial charge in [-0.15, -0.1) is 11.8 Å². The van der Waals surface area contributed by atoms with Crippen molar-refractivity contribution >= 4 is 91.9 Å². The van der Waals surface area contributed by atoms with Crippen LogP contribution in [0.15, 0.2) is 151 Å². The molecule has 346 valence electrons. The van der Waals surface area contributed by atoms with E-state index in [1.165, 1.54) is 49.9 Å². The van der Waals surface area contributed by atoms with Crippen molar-refractivity contribution < 1.29 is 9.47 Å². The lowest BCUT2D eigenvalue weighted by atomic mass is 9.83. The Balaban J connectivity index is 0.000000151. The number of hydrogen-bond donors (Lipinski definition) is 0. The van der Waals surface area contributed by atoms with Crippen LogP contribution in [0.3, 0.4) is 0 Å². The number of thioether (sulfide) groups is 1. The number of benzene rings is 6. The Hall–Kier alpha value is -6.10. The highest BCUT2D eigenvalue weighted by molar-refractivity contribution is 7.98. The average molecular weight is 988 g/mol. The molecular formula is C57H49Cl3N6O2S. The SMILES string of the molecule is CSc1nc(Cl)nc2ccc3c(c12)C=CC(c1ccccc1)(c1ccc(N2CCCCC2)cc1)O3.Clc1nc(Cl)c2c3c(ccc2n1)OC(c1ccccc1)(c1ccc(N2CCCCC2)cc1)C=C3. The maximum atomic E-state index is 6.92. The summed E-state index contributed by atoms with van der Waals surface area (Å²) in [6, 6.07) is 46.2. The van der Waals surface area contributed by atoms with Crippen molar-refractivity contribution in [2.75, 3.05) is 42.2 Å². The highest BCUT2D eigenvalue weighted by atomic mass is 35.5. The molecule has 2 saturated heterocycles. The molecule has 69 heavy (non-hydrogen) atoms. The predicted octanol–water partition coefficient (Wildman–Crippen LogP) is 14.6. The van der Waals surface area contributed by atoms with E-state index in [2.05, 4.69) is 139 Å². The van der Waals surface area contributed by atoms with Crippen molar-refractivity contribution in [3.63, 3.8) is 0 Å². The normalized spacial score (nSPS) is 19.5. The maximum absolute atomic E-state index is 6.92. The molecule has 8 aromatic rings. The van der Waals surface area contributed by atoms with Crippen LogP contribution < -0.4 is 19.3 Å². The van der Waals surface area contributed by atoms with Crippen molar-refractivity contribution in [3.8, 4) is 11.5 Å². The standard InChI is InChI=1S/C29H26ClN3OS.C28H23Cl2N3O/c1-35-27-26-23-16-17-29(20-8-4-2-5-9-20,34-25(23)15-14-24(26)31-28(30)32-27)21-10-12-22(13-11-21)33-18-6-3-7-19-33;29-26-25-22-15-16-28(19-7-3-1-4-8-19,34-24(22)14-13-23(25)31-27(30)32-26)20-9-11-21(12-10-20)33-17-5-2-6-18-33/h2,4-5,8-17H,3,6-7,18-19H2,1H3;1,3-4,7-16H,2,5-6,17-18H2. The van der Waals surface area contributed by atoms with Crippen LogP contribution in [0.25, 0.3) is 34.0 Å². The van der Waals surface area contributed by atoms with Crippen LogP contribution in [0.4, 0.5) is 11.4 Å². The van der Waals surface area contributed by atoms with E-state index in [0.717, 1.165) is 92.4 Å². The van der Waals surface area contributed by atoms with Gasteiger partial charge in [-0.2, -0.15) is 0 Å². The minimum Gasteiger partial charge on any atom is -0.473 e. The van der Waals surface area contributed by atoms with Gasteiger partial charge in [0.25, 0.3) is 0 Å². The number of fused-ring (bicyclic) bond motifs is 6. The summed E-state index contributed by atoms with van der Waals surface area (Å²) in [4.78, 5) is 22.3. The number of halogens is 3. The van der Waals surface area contributed by atoms with Crippen LogP contribution in [0.1, 0.15) is 71.9 Å². The first-order chi connectivity index (χ1) is 33.8. The summed E-state index contributed by atoms with van der Waals surface area (Å²) >= 11 is 20.2. The Bertz CT molecular complexity index is 3220. The first-order valence-electron chi connectivity index (χ1n) is 23.6. The number of piperidine rings is 2. The van der Waals surface area contributed by atoms with Crippen molar-refractivity contribution in [1.82, 2.24) is 19.9 Å². The summed E-state index contributed by atoms with van der Waals surface area (Å²) in [6.07, 6.45) is 18.2. The molecule has 0 aliphatic carbocycles. The summed E-state index contributed by atoms with van der Waals surface area (Å²) in [5.41, 5.74) is 8.72. The van der Waals surface area contributed by atoms with Gasteiger partial charge in [-0.1, -0.05) is 96.5 Å². The Labute approximate surface area is 422 Å². The van der Waals surface area contributed by atoms with E-state index >= 15 is 0 Å². The highest BCUT2D eigenvalue weighted by Gasteiger charge is 2.39. The Morgan fingerprint density at radius 1 is 0.464 bits per heavy atom. The maximum Gasteiger partial charge on any atom is 0.224 e. The molecule has 4 aliphatic rings. The minimum atomic E-state index is -0.762. The fraction of sp³-hybridized carbons (Fsp3) is 0.228. The van der Waals surface area contributed by atoms with Gasteiger partial charge in [0.05, 0.1) is 11.0 Å². The molecule has 2 fully saturated rings. The first-order valence-corrected chi connectivity index (χ1v) is 26.0.